The molecule has 0 saturated carbocycles. The van der Waals surface area contributed by atoms with Gasteiger partial charge in [-0.05, 0) is 30.7 Å². The van der Waals surface area contributed by atoms with E-state index in [0.29, 0.717) is 23.6 Å². The SMILES string of the molecule is CCOc1ccccc1NC(=O)COC(=O)/C(=C/c1ccccc1)NC(C)=O. The van der Waals surface area contributed by atoms with Crippen LogP contribution >= 0.6 is 0 Å². The van der Waals surface area contributed by atoms with Gasteiger partial charge in [0.15, 0.2) is 6.61 Å². The summed E-state index contributed by atoms with van der Waals surface area (Å²) in [6.45, 7) is 3.06. The van der Waals surface area contributed by atoms with Crippen LogP contribution in [0.4, 0.5) is 5.69 Å². The second kappa shape index (κ2) is 10.5. The van der Waals surface area contributed by atoms with Crippen LogP contribution in [0.1, 0.15) is 19.4 Å². The van der Waals surface area contributed by atoms with Gasteiger partial charge in [-0.1, -0.05) is 42.5 Å². The Morgan fingerprint density at radius 2 is 1.68 bits per heavy atom. The number of carbonyl (C=O) groups excluding carboxylic acids is 3. The van der Waals surface area contributed by atoms with Crippen LogP contribution in [-0.4, -0.2) is 31.0 Å². The van der Waals surface area contributed by atoms with Crippen molar-refractivity contribution >= 4 is 29.5 Å². The first-order valence-electron chi connectivity index (χ1n) is 8.72. The van der Waals surface area contributed by atoms with E-state index >= 15 is 0 Å². The number of nitrogens with one attached hydrogen (secondary N) is 2. The highest BCUT2D eigenvalue weighted by Gasteiger charge is 2.15. The van der Waals surface area contributed by atoms with Gasteiger partial charge >= 0.3 is 5.97 Å². The highest BCUT2D eigenvalue weighted by atomic mass is 16.5. The van der Waals surface area contributed by atoms with E-state index in [1.807, 2.05) is 13.0 Å². The zero-order valence-corrected chi connectivity index (χ0v) is 15.7. The Morgan fingerprint density at radius 3 is 2.36 bits per heavy atom. The average Bonchev–Trinajstić information content (AvgIpc) is 2.68. The molecule has 0 aromatic heterocycles. The maximum Gasteiger partial charge on any atom is 0.355 e. The number of benzene rings is 2. The lowest BCUT2D eigenvalue weighted by atomic mass is 10.2. The van der Waals surface area contributed by atoms with E-state index in [9.17, 15) is 14.4 Å². The number of carbonyl (C=O) groups is 3. The van der Waals surface area contributed by atoms with E-state index in [0.717, 1.165) is 0 Å². The molecule has 28 heavy (non-hydrogen) atoms. The molecule has 2 aromatic rings. The topological polar surface area (TPSA) is 93.7 Å². The Bertz CT molecular complexity index is 862. The standard InChI is InChI=1S/C21H22N2O5/c1-3-27-19-12-8-7-11-17(19)23-20(25)14-28-21(26)18(22-15(2)24)13-16-9-5-4-6-10-16/h4-13H,3,14H2,1-2H3,(H,22,24)(H,23,25)/b18-13-. The third-order valence-electron chi connectivity index (χ3n) is 3.44. The molecular weight excluding hydrogens is 360 g/mol. The van der Waals surface area contributed by atoms with Crippen molar-refractivity contribution in [2.24, 2.45) is 0 Å². The number of rotatable bonds is 8. The van der Waals surface area contributed by atoms with Gasteiger partial charge in [0, 0.05) is 6.92 Å². The van der Waals surface area contributed by atoms with Crippen LogP contribution in [0.15, 0.2) is 60.3 Å². The fourth-order valence-corrected chi connectivity index (χ4v) is 2.30. The predicted octanol–water partition coefficient (Wildman–Crippen LogP) is 2.74. The van der Waals surface area contributed by atoms with Gasteiger partial charge < -0.3 is 20.1 Å². The van der Waals surface area contributed by atoms with Crippen molar-refractivity contribution in [3.05, 3.63) is 65.9 Å². The predicted molar refractivity (Wildman–Crippen MR) is 105 cm³/mol. The fraction of sp³-hybridized carbons (Fsp3) is 0.190. The summed E-state index contributed by atoms with van der Waals surface area (Å²) in [6, 6.07) is 15.9. The van der Waals surface area contributed by atoms with Gasteiger partial charge in [-0.3, -0.25) is 9.59 Å². The lowest BCUT2D eigenvalue weighted by molar-refractivity contribution is -0.144. The molecule has 0 heterocycles. The summed E-state index contributed by atoms with van der Waals surface area (Å²) < 4.78 is 10.5. The third kappa shape index (κ3) is 6.60. The molecule has 2 amide bonds. The van der Waals surface area contributed by atoms with Gasteiger partial charge in [0.25, 0.3) is 5.91 Å². The summed E-state index contributed by atoms with van der Waals surface area (Å²) in [6.07, 6.45) is 1.48. The van der Waals surface area contributed by atoms with Crippen molar-refractivity contribution in [2.75, 3.05) is 18.5 Å². The molecule has 0 aliphatic rings. The van der Waals surface area contributed by atoms with E-state index in [1.54, 1.807) is 48.5 Å². The highest BCUT2D eigenvalue weighted by molar-refractivity contribution is 6.00. The summed E-state index contributed by atoms with van der Waals surface area (Å²) >= 11 is 0. The fourth-order valence-electron chi connectivity index (χ4n) is 2.30. The Kier molecular flexibility index (Phi) is 7.77. The van der Waals surface area contributed by atoms with Crippen LogP contribution in [0, 0.1) is 0 Å². The molecule has 0 saturated heterocycles. The van der Waals surface area contributed by atoms with Crippen LogP contribution in [0.2, 0.25) is 0 Å². The van der Waals surface area contributed by atoms with Gasteiger partial charge in [-0.2, -0.15) is 0 Å². The molecule has 0 unspecified atom stereocenters. The minimum absolute atomic E-state index is 0.0544. The molecule has 2 N–H and O–H groups in total. The number of hydrogen-bond acceptors (Lipinski definition) is 5. The first-order valence-corrected chi connectivity index (χ1v) is 8.72. The maximum absolute atomic E-state index is 12.3. The van der Waals surface area contributed by atoms with Crippen molar-refractivity contribution in [1.82, 2.24) is 5.32 Å². The average molecular weight is 382 g/mol. The van der Waals surface area contributed by atoms with Crippen molar-refractivity contribution < 1.29 is 23.9 Å². The largest absolute Gasteiger partial charge is 0.492 e. The van der Waals surface area contributed by atoms with Crippen LogP contribution < -0.4 is 15.4 Å². The van der Waals surface area contributed by atoms with E-state index in [4.69, 9.17) is 9.47 Å². The molecule has 7 heteroatoms. The van der Waals surface area contributed by atoms with Crippen molar-refractivity contribution in [3.63, 3.8) is 0 Å². The maximum atomic E-state index is 12.3. The molecule has 146 valence electrons. The number of hydrogen-bond donors (Lipinski definition) is 2. The van der Waals surface area contributed by atoms with Crippen LogP contribution in [0.3, 0.4) is 0 Å². The minimum atomic E-state index is -0.813. The second-order valence-electron chi connectivity index (χ2n) is 5.70. The monoisotopic (exact) mass is 382 g/mol. The van der Waals surface area contributed by atoms with Crippen LogP contribution in [-0.2, 0) is 19.1 Å². The van der Waals surface area contributed by atoms with E-state index in [1.165, 1.54) is 13.0 Å². The van der Waals surface area contributed by atoms with Gasteiger partial charge in [-0.15, -0.1) is 0 Å². The van der Waals surface area contributed by atoms with E-state index < -0.39 is 24.4 Å². The Morgan fingerprint density at radius 1 is 1.00 bits per heavy atom. The van der Waals surface area contributed by atoms with Crippen molar-refractivity contribution in [2.45, 2.75) is 13.8 Å². The molecule has 0 spiro atoms. The normalized spacial score (nSPS) is 10.7. The van der Waals surface area contributed by atoms with Crippen molar-refractivity contribution in [1.29, 1.82) is 0 Å². The summed E-state index contributed by atoms with van der Waals surface area (Å²) in [5.41, 5.74) is 1.13. The van der Waals surface area contributed by atoms with Gasteiger partial charge in [0.05, 0.1) is 12.3 Å². The van der Waals surface area contributed by atoms with E-state index in [-0.39, 0.29) is 5.70 Å². The summed E-state index contributed by atoms with van der Waals surface area (Å²) in [4.78, 5) is 35.8. The van der Waals surface area contributed by atoms with Gasteiger partial charge in [0.2, 0.25) is 5.91 Å². The number of esters is 1. The molecule has 2 rings (SSSR count). The smallest absolute Gasteiger partial charge is 0.355 e. The molecule has 0 atom stereocenters. The third-order valence-corrected chi connectivity index (χ3v) is 3.44. The second-order valence-corrected chi connectivity index (χ2v) is 5.70. The molecule has 7 nitrogen and oxygen atoms in total. The summed E-state index contributed by atoms with van der Waals surface area (Å²) in [5, 5.41) is 5.06. The zero-order chi connectivity index (χ0) is 20.4. The van der Waals surface area contributed by atoms with Crippen molar-refractivity contribution in [3.8, 4) is 5.75 Å². The Hall–Kier alpha value is -3.61. The Balaban J connectivity index is 2.01. The number of amides is 2. The lowest BCUT2D eigenvalue weighted by Crippen LogP contribution is -2.29. The first kappa shape index (κ1) is 20.7. The van der Waals surface area contributed by atoms with Gasteiger partial charge in [-0.25, -0.2) is 4.79 Å². The van der Waals surface area contributed by atoms with Crippen LogP contribution in [0.25, 0.3) is 6.08 Å². The zero-order valence-electron chi connectivity index (χ0n) is 15.7. The first-order chi connectivity index (χ1) is 13.5. The molecule has 0 bridgehead atoms. The molecule has 0 radical (unpaired) electrons. The number of ether oxygens (including phenoxy) is 2. The molecule has 2 aromatic carbocycles. The molecule has 0 aliphatic heterocycles. The highest BCUT2D eigenvalue weighted by Crippen LogP contribution is 2.23. The molecular formula is C21H22N2O5. The summed E-state index contributed by atoms with van der Waals surface area (Å²) in [5.74, 6) is -1.24. The minimum Gasteiger partial charge on any atom is -0.492 e. The quantitative estimate of drug-likeness (QED) is 0.541. The van der Waals surface area contributed by atoms with Crippen LogP contribution in [0.5, 0.6) is 5.75 Å². The molecule has 0 fully saturated rings. The van der Waals surface area contributed by atoms with Gasteiger partial charge in [0.1, 0.15) is 11.4 Å². The molecule has 0 aliphatic carbocycles. The lowest BCUT2D eigenvalue weighted by Gasteiger charge is -2.12. The summed E-state index contributed by atoms with van der Waals surface area (Å²) in [7, 11) is 0. The number of para-hydroxylation sites is 2. The number of anilines is 1. The Labute approximate surface area is 163 Å². The van der Waals surface area contributed by atoms with E-state index in [2.05, 4.69) is 10.6 Å².